The van der Waals surface area contributed by atoms with Crippen LogP contribution < -0.4 is 5.32 Å². The van der Waals surface area contributed by atoms with Crippen LogP contribution in [0.4, 0.5) is 0 Å². The number of hydrogen-bond acceptors (Lipinski definition) is 3. The first-order valence-corrected chi connectivity index (χ1v) is 7.06. The van der Waals surface area contributed by atoms with E-state index in [4.69, 9.17) is 0 Å². The largest absolute Gasteiger partial charge is 0.481 e. The first-order valence-electron chi connectivity index (χ1n) is 7.06. The molecule has 1 amide bonds. The summed E-state index contributed by atoms with van der Waals surface area (Å²) in [5.74, 6) is -1.88. The summed E-state index contributed by atoms with van der Waals surface area (Å²) in [5.41, 5.74) is 1.06. The van der Waals surface area contributed by atoms with Gasteiger partial charge in [0.25, 0.3) is 0 Å². The number of carbonyl (C=O) groups excluding carboxylic acids is 1. The molecule has 0 bridgehead atoms. The van der Waals surface area contributed by atoms with Crippen molar-refractivity contribution in [1.82, 2.24) is 15.1 Å². The highest BCUT2D eigenvalue weighted by Crippen LogP contribution is 2.30. The van der Waals surface area contributed by atoms with Crippen LogP contribution in [0.3, 0.4) is 0 Å². The number of hydrogen-bond donors (Lipinski definition) is 2. The molecule has 1 saturated carbocycles. The van der Waals surface area contributed by atoms with Crippen molar-refractivity contribution >= 4 is 11.9 Å². The van der Waals surface area contributed by atoms with Crippen LogP contribution in [0.15, 0.2) is 12.4 Å². The molecule has 2 N–H and O–H groups in total. The maximum atomic E-state index is 12.1. The maximum absolute atomic E-state index is 12.1. The summed E-state index contributed by atoms with van der Waals surface area (Å²) in [5, 5.41) is 16.1. The normalized spacial score (nSPS) is 22.4. The average molecular weight is 279 g/mol. The van der Waals surface area contributed by atoms with Gasteiger partial charge in [-0.15, -0.1) is 0 Å². The van der Waals surface area contributed by atoms with Crippen LogP contribution in [0, 0.1) is 11.8 Å². The van der Waals surface area contributed by atoms with Crippen LogP contribution in [0.2, 0.25) is 0 Å². The number of aromatic nitrogens is 2. The number of carbonyl (C=O) groups is 2. The molecule has 2 atom stereocenters. The van der Waals surface area contributed by atoms with Crippen molar-refractivity contribution < 1.29 is 14.7 Å². The highest BCUT2D eigenvalue weighted by Gasteiger charge is 2.35. The number of nitrogens with zero attached hydrogens (tertiary/aromatic N) is 2. The van der Waals surface area contributed by atoms with Crippen LogP contribution in [-0.2, 0) is 23.1 Å². The molecule has 20 heavy (non-hydrogen) atoms. The molecular formula is C14H21N3O3. The lowest BCUT2D eigenvalue weighted by atomic mass is 9.78. The lowest BCUT2D eigenvalue weighted by molar-refractivity contribution is -0.148. The number of aryl methyl sites for hydroxylation is 1. The third kappa shape index (κ3) is 3.59. The van der Waals surface area contributed by atoms with E-state index in [0.717, 1.165) is 18.4 Å². The Morgan fingerprint density at radius 3 is 2.70 bits per heavy atom. The number of carboxylic acid groups (broad SMARTS) is 1. The maximum Gasteiger partial charge on any atom is 0.307 e. The molecule has 0 aromatic carbocycles. The molecule has 0 radical (unpaired) electrons. The molecule has 0 aliphatic heterocycles. The minimum atomic E-state index is -0.850. The zero-order valence-electron chi connectivity index (χ0n) is 11.7. The van der Waals surface area contributed by atoms with Crippen LogP contribution in [-0.4, -0.2) is 33.3 Å². The van der Waals surface area contributed by atoms with Crippen molar-refractivity contribution in [3.8, 4) is 0 Å². The van der Waals surface area contributed by atoms with E-state index in [1.54, 1.807) is 10.9 Å². The molecular weight excluding hydrogens is 258 g/mol. The topological polar surface area (TPSA) is 84.2 Å². The second-order valence-corrected chi connectivity index (χ2v) is 5.40. The van der Waals surface area contributed by atoms with Crippen LogP contribution >= 0.6 is 0 Å². The molecule has 6 heteroatoms. The standard InChI is InChI=1S/C14H21N3O3/c1-17-9-10(8-16-17)6-7-15-13(18)11-4-2-3-5-12(11)14(19)20/h8-9,11-12H,2-7H2,1H3,(H,15,18)(H,19,20)/t11-,12+/m1/s1. The van der Waals surface area contributed by atoms with Crippen LogP contribution in [0.1, 0.15) is 31.2 Å². The minimum Gasteiger partial charge on any atom is -0.481 e. The van der Waals surface area contributed by atoms with Crippen molar-refractivity contribution in [1.29, 1.82) is 0 Å². The highest BCUT2D eigenvalue weighted by atomic mass is 16.4. The number of amides is 1. The van der Waals surface area contributed by atoms with E-state index < -0.39 is 11.9 Å². The highest BCUT2D eigenvalue weighted by molar-refractivity contribution is 5.84. The molecule has 1 heterocycles. The number of carboxylic acids is 1. The van der Waals surface area contributed by atoms with Crippen molar-refractivity contribution in [2.24, 2.45) is 18.9 Å². The van der Waals surface area contributed by atoms with Gasteiger partial charge in [-0.1, -0.05) is 12.8 Å². The first kappa shape index (κ1) is 14.6. The smallest absolute Gasteiger partial charge is 0.307 e. The number of nitrogens with one attached hydrogen (secondary N) is 1. The summed E-state index contributed by atoms with van der Waals surface area (Å²) < 4.78 is 1.72. The van der Waals surface area contributed by atoms with Gasteiger partial charge in [0.05, 0.1) is 18.0 Å². The van der Waals surface area contributed by atoms with E-state index >= 15 is 0 Å². The van der Waals surface area contributed by atoms with Gasteiger partial charge in [0.2, 0.25) is 5.91 Å². The molecule has 1 aromatic rings. The zero-order valence-corrected chi connectivity index (χ0v) is 11.7. The molecule has 0 saturated heterocycles. The van der Waals surface area contributed by atoms with E-state index in [1.165, 1.54) is 0 Å². The van der Waals surface area contributed by atoms with Gasteiger partial charge in [-0.3, -0.25) is 14.3 Å². The van der Waals surface area contributed by atoms with Gasteiger partial charge in [-0.05, 0) is 24.8 Å². The second-order valence-electron chi connectivity index (χ2n) is 5.40. The fourth-order valence-electron chi connectivity index (χ4n) is 2.80. The molecule has 0 unspecified atom stereocenters. The molecule has 6 nitrogen and oxygen atoms in total. The molecule has 1 aromatic heterocycles. The quantitative estimate of drug-likeness (QED) is 0.841. The molecule has 0 spiro atoms. The van der Waals surface area contributed by atoms with Crippen molar-refractivity contribution in [3.63, 3.8) is 0 Å². The Hall–Kier alpha value is -1.85. The summed E-state index contributed by atoms with van der Waals surface area (Å²) in [4.78, 5) is 23.3. The monoisotopic (exact) mass is 279 g/mol. The van der Waals surface area contributed by atoms with E-state index in [0.29, 0.717) is 25.8 Å². The Kier molecular flexibility index (Phi) is 4.76. The Bertz CT molecular complexity index is 484. The first-order chi connectivity index (χ1) is 9.58. The van der Waals surface area contributed by atoms with E-state index in [1.807, 2.05) is 13.2 Å². The van der Waals surface area contributed by atoms with Crippen molar-refractivity contribution in [2.75, 3.05) is 6.54 Å². The van der Waals surface area contributed by atoms with Gasteiger partial charge < -0.3 is 10.4 Å². The Balaban J connectivity index is 1.82. The van der Waals surface area contributed by atoms with Gasteiger partial charge in [0.15, 0.2) is 0 Å². The van der Waals surface area contributed by atoms with E-state index in [-0.39, 0.29) is 11.8 Å². The fraction of sp³-hybridized carbons (Fsp3) is 0.643. The number of rotatable bonds is 5. The fourth-order valence-corrected chi connectivity index (χ4v) is 2.80. The Morgan fingerprint density at radius 1 is 1.40 bits per heavy atom. The summed E-state index contributed by atoms with van der Waals surface area (Å²) >= 11 is 0. The van der Waals surface area contributed by atoms with Gasteiger partial charge in [-0.2, -0.15) is 5.10 Å². The second kappa shape index (κ2) is 6.54. The summed E-state index contributed by atoms with van der Waals surface area (Å²) in [6, 6.07) is 0. The summed E-state index contributed by atoms with van der Waals surface area (Å²) in [7, 11) is 1.85. The molecule has 1 fully saturated rings. The minimum absolute atomic E-state index is 0.124. The Morgan fingerprint density at radius 2 is 2.10 bits per heavy atom. The van der Waals surface area contributed by atoms with Crippen molar-refractivity contribution in [2.45, 2.75) is 32.1 Å². The van der Waals surface area contributed by atoms with Crippen molar-refractivity contribution in [3.05, 3.63) is 18.0 Å². The molecule has 1 aliphatic carbocycles. The molecule has 110 valence electrons. The van der Waals surface area contributed by atoms with Crippen LogP contribution in [0.25, 0.3) is 0 Å². The van der Waals surface area contributed by atoms with Gasteiger partial charge >= 0.3 is 5.97 Å². The van der Waals surface area contributed by atoms with Gasteiger partial charge in [0.1, 0.15) is 0 Å². The molecule has 2 rings (SSSR count). The third-order valence-electron chi connectivity index (χ3n) is 3.89. The van der Waals surface area contributed by atoms with E-state index in [2.05, 4.69) is 10.4 Å². The Labute approximate surface area is 118 Å². The number of aliphatic carboxylic acids is 1. The third-order valence-corrected chi connectivity index (χ3v) is 3.89. The summed E-state index contributed by atoms with van der Waals surface area (Å²) in [6.07, 6.45) is 7.51. The zero-order chi connectivity index (χ0) is 14.5. The average Bonchev–Trinajstić information content (AvgIpc) is 2.84. The lowest BCUT2D eigenvalue weighted by Gasteiger charge is -2.27. The van der Waals surface area contributed by atoms with Gasteiger partial charge in [0, 0.05) is 19.8 Å². The van der Waals surface area contributed by atoms with Crippen LogP contribution in [0.5, 0.6) is 0 Å². The predicted octanol–water partition coefficient (Wildman–Crippen LogP) is 0.970. The SMILES string of the molecule is Cn1cc(CCNC(=O)[C@@H]2CCCC[C@@H]2C(=O)O)cn1. The molecule has 1 aliphatic rings. The van der Waals surface area contributed by atoms with Gasteiger partial charge in [-0.25, -0.2) is 0 Å². The van der Waals surface area contributed by atoms with E-state index in [9.17, 15) is 14.7 Å². The summed E-state index contributed by atoms with van der Waals surface area (Å²) in [6.45, 7) is 0.521. The predicted molar refractivity (Wildman–Crippen MR) is 73.0 cm³/mol. The lowest BCUT2D eigenvalue weighted by Crippen LogP contribution is -2.40.